The molecular formula is C17H32N2O2. The van der Waals surface area contributed by atoms with Gasteiger partial charge in [0, 0.05) is 38.3 Å². The summed E-state index contributed by atoms with van der Waals surface area (Å²) in [7, 11) is 0. The Hall–Kier alpha value is -0.160. The molecule has 1 spiro atoms. The summed E-state index contributed by atoms with van der Waals surface area (Å²) >= 11 is 0. The second kappa shape index (κ2) is 7.40. The number of hydrogen-bond acceptors (Lipinski definition) is 4. The van der Waals surface area contributed by atoms with Crippen molar-refractivity contribution in [2.75, 3.05) is 39.5 Å². The van der Waals surface area contributed by atoms with E-state index < -0.39 is 0 Å². The molecule has 0 bridgehead atoms. The number of unbranched alkanes of at least 4 members (excludes halogenated alkanes) is 1. The molecule has 3 rings (SSSR count). The number of nitrogens with one attached hydrogen (secondary N) is 1. The predicted molar refractivity (Wildman–Crippen MR) is 84.6 cm³/mol. The van der Waals surface area contributed by atoms with E-state index in [0.29, 0.717) is 12.1 Å². The van der Waals surface area contributed by atoms with Gasteiger partial charge in [0.1, 0.15) is 0 Å². The minimum atomic E-state index is 0.0382. The standard InChI is InChI=1S/C17H32N2O2/c1-2-3-9-19(13-15-5-4-8-18-15)16-6-10-21-17(12-16)7-11-20-14-17/h15-16,18H,2-14H2,1H3. The van der Waals surface area contributed by atoms with Crippen LogP contribution in [0, 0.1) is 0 Å². The molecular weight excluding hydrogens is 264 g/mol. The van der Waals surface area contributed by atoms with Crippen LogP contribution in [0.25, 0.3) is 0 Å². The number of ether oxygens (including phenoxy) is 2. The van der Waals surface area contributed by atoms with Crippen LogP contribution in [0.15, 0.2) is 0 Å². The third-order valence-electron chi connectivity index (χ3n) is 5.47. The minimum Gasteiger partial charge on any atom is -0.378 e. The summed E-state index contributed by atoms with van der Waals surface area (Å²) in [5, 5.41) is 3.67. The van der Waals surface area contributed by atoms with Gasteiger partial charge in [0.2, 0.25) is 0 Å². The van der Waals surface area contributed by atoms with Crippen molar-refractivity contribution in [2.24, 2.45) is 0 Å². The van der Waals surface area contributed by atoms with Crippen molar-refractivity contribution in [1.82, 2.24) is 10.2 Å². The maximum atomic E-state index is 6.11. The highest BCUT2D eigenvalue weighted by Crippen LogP contribution is 2.35. The highest BCUT2D eigenvalue weighted by atomic mass is 16.6. The molecule has 3 aliphatic rings. The molecule has 3 saturated heterocycles. The highest BCUT2D eigenvalue weighted by Gasteiger charge is 2.42. The van der Waals surface area contributed by atoms with Gasteiger partial charge in [-0.15, -0.1) is 0 Å². The second-order valence-electron chi connectivity index (χ2n) is 7.12. The van der Waals surface area contributed by atoms with Crippen molar-refractivity contribution in [3.8, 4) is 0 Å². The first-order valence-corrected chi connectivity index (χ1v) is 9.00. The average molecular weight is 296 g/mol. The van der Waals surface area contributed by atoms with Crippen molar-refractivity contribution in [2.45, 2.75) is 69.6 Å². The zero-order valence-corrected chi connectivity index (χ0v) is 13.6. The Morgan fingerprint density at radius 1 is 1.29 bits per heavy atom. The van der Waals surface area contributed by atoms with Crippen molar-refractivity contribution in [3.05, 3.63) is 0 Å². The Bertz CT molecular complexity index is 312. The lowest BCUT2D eigenvalue weighted by atomic mass is 9.88. The van der Waals surface area contributed by atoms with Gasteiger partial charge in [0.15, 0.2) is 0 Å². The Kier molecular flexibility index (Phi) is 5.54. The largest absolute Gasteiger partial charge is 0.378 e. The van der Waals surface area contributed by atoms with Gasteiger partial charge in [0.25, 0.3) is 0 Å². The summed E-state index contributed by atoms with van der Waals surface area (Å²) in [5.74, 6) is 0. The zero-order chi connectivity index (χ0) is 14.5. The van der Waals surface area contributed by atoms with Gasteiger partial charge in [-0.1, -0.05) is 13.3 Å². The first kappa shape index (κ1) is 15.7. The van der Waals surface area contributed by atoms with E-state index in [0.717, 1.165) is 26.2 Å². The molecule has 122 valence electrons. The van der Waals surface area contributed by atoms with E-state index in [1.807, 2.05) is 0 Å². The van der Waals surface area contributed by atoms with Crippen LogP contribution >= 0.6 is 0 Å². The van der Waals surface area contributed by atoms with Crippen LogP contribution in [0.5, 0.6) is 0 Å². The fourth-order valence-corrected chi connectivity index (χ4v) is 4.16. The van der Waals surface area contributed by atoms with Crippen LogP contribution in [0.2, 0.25) is 0 Å². The van der Waals surface area contributed by atoms with Gasteiger partial charge in [0.05, 0.1) is 12.2 Å². The molecule has 3 aliphatic heterocycles. The summed E-state index contributed by atoms with van der Waals surface area (Å²) in [4.78, 5) is 2.76. The maximum Gasteiger partial charge on any atom is 0.0951 e. The summed E-state index contributed by atoms with van der Waals surface area (Å²) < 4.78 is 11.7. The molecule has 4 nitrogen and oxygen atoms in total. The van der Waals surface area contributed by atoms with Crippen molar-refractivity contribution >= 4 is 0 Å². The van der Waals surface area contributed by atoms with Crippen molar-refractivity contribution in [1.29, 1.82) is 0 Å². The van der Waals surface area contributed by atoms with Crippen LogP contribution in [0.3, 0.4) is 0 Å². The van der Waals surface area contributed by atoms with Gasteiger partial charge in [-0.3, -0.25) is 4.90 Å². The fraction of sp³-hybridized carbons (Fsp3) is 1.00. The summed E-state index contributed by atoms with van der Waals surface area (Å²) in [6.45, 7) is 8.57. The molecule has 0 saturated carbocycles. The second-order valence-corrected chi connectivity index (χ2v) is 7.12. The first-order chi connectivity index (χ1) is 10.3. The molecule has 0 radical (unpaired) electrons. The monoisotopic (exact) mass is 296 g/mol. The van der Waals surface area contributed by atoms with Gasteiger partial charge in [-0.2, -0.15) is 0 Å². The normalized spacial score (nSPS) is 36.9. The molecule has 3 atom stereocenters. The van der Waals surface area contributed by atoms with Gasteiger partial charge in [-0.05, 0) is 45.2 Å². The van der Waals surface area contributed by atoms with E-state index in [9.17, 15) is 0 Å². The molecule has 0 aromatic heterocycles. The first-order valence-electron chi connectivity index (χ1n) is 9.00. The summed E-state index contributed by atoms with van der Waals surface area (Å²) in [6, 6.07) is 1.40. The lowest BCUT2D eigenvalue weighted by molar-refractivity contribution is -0.107. The van der Waals surface area contributed by atoms with E-state index in [2.05, 4.69) is 17.1 Å². The van der Waals surface area contributed by atoms with E-state index in [-0.39, 0.29) is 5.60 Å². The smallest absolute Gasteiger partial charge is 0.0951 e. The lowest BCUT2D eigenvalue weighted by Gasteiger charge is -2.43. The van der Waals surface area contributed by atoms with Crippen LogP contribution in [-0.4, -0.2) is 62.0 Å². The number of rotatable bonds is 6. The predicted octanol–water partition coefficient (Wildman–Crippen LogP) is 2.18. The fourth-order valence-electron chi connectivity index (χ4n) is 4.16. The van der Waals surface area contributed by atoms with E-state index in [1.165, 1.54) is 58.2 Å². The number of hydrogen-bond donors (Lipinski definition) is 1. The molecule has 0 aromatic carbocycles. The summed E-state index contributed by atoms with van der Waals surface area (Å²) in [5.41, 5.74) is 0.0382. The molecule has 0 aliphatic carbocycles. The van der Waals surface area contributed by atoms with E-state index >= 15 is 0 Å². The van der Waals surface area contributed by atoms with Gasteiger partial charge < -0.3 is 14.8 Å². The van der Waals surface area contributed by atoms with E-state index in [1.54, 1.807) is 0 Å². The molecule has 4 heteroatoms. The Morgan fingerprint density at radius 3 is 2.95 bits per heavy atom. The maximum absolute atomic E-state index is 6.11. The van der Waals surface area contributed by atoms with Crippen molar-refractivity contribution < 1.29 is 9.47 Å². The van der Waals surface area contributed by atoms with E-state index in [4.69, 9.17) is 9.47 Å². The zero-order valence-electron chi connectivity index (χ0n) is 13.6. The van der Waals surface area contributed by atoms with Gasteiger partial charge >= 0.3 is 0 Å². The number of nitrogens with zero attached hydrogens (tertiary/aromatic N) is 1. The quantitative estimate of drug-likeness (QED) is 0.814. The topological polar surface area (TPSA) is 33.7 Å². The molecule has 0 aromatic rings. The average Bonchev–Trinajstić information content (AvgIpc) is 3.16. The molecule has 21 heavy (non-hydrogen) atoms. The molecule has 3 heterocycles. The SMILES string of the molecule is CCCCN(CC1CCCN1)C1CCOC2(CCOC2)C1. The van der Waals surface area contributed by atoms with Crippen LogP contribution < -0.4 is 5.32 Å². The lowest BCUT2D eigenvalue weighted by Crippen LogP contribution is -2.52. The molecule has 1 N–H and O–H groups in total. The van der Waals surface area contributed by atoms with Crippen LogP contribution in [0.1, 0.15) is 51.9 Å². The molecule has 3 fully saturated rings. The minimum absolute atomic E-state index is 0.0382. The summed E-state index contributed by atoms with van der Waals surface area (Å²) in [6.07, 6.45) is 8.74. The Labute approximate surface area is 129 Å². The Balaban J connectivity index is 1.60. The van der Waals surface area contributed by atoms with Gasteiger partial charge in [-0.25, -0.2) is 0 Å². The molecule has 3 unspecified atom stereocenters. The third-order valence-corrected chi connectivity index (χ3v) is 5.47. The molecule has 0 amide bonds. The third kappa shape index (κ3) is 3.98. The van der Waals surface area contributed by atoms with Crippen LogP contribution in [0.4, 0.5) is 0 Å². The Morgan fingerprint density at radius 2 is 2.24 bits per heavy atom. The highest BCUT2D eigenvalue weighted by molar-refractivity contribution is 4.94. The van der Waals surface area contributed by atoms with Crippen molar-refractivity contribution in [3.63, 3.8) is 0 Å². The van der Waals surface area contributed by atoms with Crippen LogP contribution in [-0.2, 0) is 9.47 Å².